The Bertz CT molecular complexity index is 710. The maximum Gasteiger partial charge on any atom is 0.228 e. The van der Waals surface area contributed by atoms with E-state index < -0.39 is 0 Å². The van der Waals surface area contributed by atoms with Crippen LogP contribution in [-0.2, 0) is 16.0 Å². The zero-order valence-electron chi connectivity index (χ0n) is 14.0. The molecule has 2 aliphatic heterocycles. The summed E-state index contributed by atoms with van der Waals surface area (Å²) >= 11 is 0. The Morgan fingerprint density at radius 1 is 1.16 bits per heavy atom. The second-order valence-corrected chi connectivity index (χ2v) is 6.69. The maximum atomic E-state index is 12.5. The molecule has 6 nitrogen and oxygen atoms in total. The number of nitrogens with zero attached hydrogens (tertiary/aromatic N) is 3. The van der Waals surface area contributed by atoms with Crippen LogP contribution in [0.2, 0.25) is 0 Å². The second kappa shape index (κ2) is 7.19. The first-order valence-corrected chi connectivity index (χ1v) is 8.74. The van der Waals surface area contributed by atoms with Crippen molar-refractivity contribution in [2.75, 3.05) is 31.6 Å². The Morgan fingerprint density at radius 3 is 2.76 bits per heavy atom. The van der Waals surface area contributed by atoms with Crippen molar-refractivity contribution < 1.29 is 9.53 Å². The van der Waals surface area contributed by atoms with E-state index in [2.05, 4.69) is 15.3 Å². The van der Waals surface area contributed by atoms with E-state index in [1.165, 1.54) is 0 Å². The molecule has 2 saturated heterocycles. The van der Waals surface area contributed by atoms with Gasteiger partial charge in [-0.3, -0.25) is 9.78 Å². The highest BCUT2D eigenvalue weighted by molar-refractivity contribution is 5.78. The van der Waals surface area contributed by atoms with Crippen LogP contribution in [0.1, 0.15) is 5.69 Å². The van der Waals surface area contributed by atoms with Crippen LogP contribution in [0.15, 0.2) is 48.8 Å². The molecule has 3 atom stereocenters. The van der Waals surface area contributed by atoms with Gasteiger partial charge in [-0.05, 0) is 24.3 Å². The molecule has 1 N–H and O–H groups in total. The number of hydrogen-bond acceptors (Lipinski definition) is 5. The number of fused-ring (bicyclic) bond motifs is 1. The largest absolute Gasteiger partial charge is 0.376 e. The molecule has 4 rings (SSSR count). The van der Waals surface area contributed by atoms with Gasteiger partial charge in [0.1, 0.15) is 5.82 Å². The Morgan fingerprint density at radius 2 is 2.00 bits per heavy atom. The van der Waals surface area contributed by atoms with Gasteiger partial charge < -0.3 is 15.0 Å². The van der Waals surface area contributed by atoms with E-state index in [9.17, 15) is 4.79 Å². The van der Waals surface area contributed by atoms with Crippen molar-refractivity contribution in [2.45, 2.75) is 12.5 Å². The van der Waals surface area contributed by atoms with Gasteiger partial charge in [0.15, 0.2) is 0 Å². The van der Waals surface area contributed by atoms with E-state index in [0.717, 1.165) is 31.2 Å². The summed E-state index contributed by atoms with van der Waals surface area (Å²) in [6.45, 7) is 3.03. The van der Waals surface area contributed by atoms with E-state index in [0.29, 0.717) is 24.8 Å². The number of likely N-dealkylation sites (tertiary alicyclic amines) is 1. The van der Waals surface area contributed by atoms with Crippen LogP contribution in [0.25, 0.3) is 0 Å². The first-order chi connectivity index (χ1) is 12.3. The lowest BCUT2D eigenvalue weighted by Gasteiger charge is -2.20. The van der Waals surface area contributed by atoms with Crippen molar-refractivity contribution >= 4 is 11.7 Å². The zero-order chi connectivity index (χ0) is 17.1. The molecule has 2 fully saturated rings. The number of nitrogens with one attached hydrogen (secondary N) is 1. The van der Waals surface area contributed by atoms with Crippen LogP contribution in [-0.4, -0.2) is 53.1 Å². The molecule has 0 aliphatic carbocycles. The standard InChI is InChI=1S/C19H22N4O2/c24-19(9-15-5-1-3-7-20-15)23-11-16-14(13-25-17(16)12-23)10-22-18-6-2-4-8-21-18/h1-8,14,16-17H,9-13H2,(H,21,22)/t14-,16+,17+/m1/s1. The normalized spacial score (nSPS) is 25.0. The highest BCUT2D eigenvalue weighted by Gasteiger charge is 2.44. The third-order valence-corrected chi connectivity index (χ3v) is 5.06. The smallest absolute Gasteiger partial charge is 0.228 e. The fourth-order valence-corrected chi connectivity index (χ4v) is 3.69. The predicted molar refractivity (Wildman–Crippen MR) is 94.0 cm³/mol. The molecule has 130 valence electrons. The third kappa shape index (κ3) is 3.64. The van der Waals surface area contributed by atoms with E-state index >= 15 is 0 Å². The second-order valence-electron chi connectivity index (χ2n) is 6.69. The van der Waals surface area contributed by atoms with Gasteiger partial charge in [0.25, 0.3) is 0 Å². The van der Waals surface area contributed by atoms with Gasteiger partial charge in [-0.1, -0.05) is 12.1 Å². The van der Waals surface area contributed by atoms with E-state index in [1.54, 1.807) is 12.4 Å². The van der Waals surface area contributed by atoms with E-state index in [-0.39, 0.29) is 12.0 Å². The average Bonchev–Trinajstić information content (AvgIpc) is 3.23. The quantitative estimate of drug-likeness (QED) is 0.897. The van der Waals surface area contributed by atoms with Crippen LogP contribution in [0, 0.1) is 11.8 Å². The molecule has 0 bridgehead atoms. The molecule has 25 heavy (non-hydrogen) atoms. The Kier molecular flexibility index (Phi) is 4.61. The zero-order valence-corrected chi connectivity index (χ0v) is 14.0. The molecule has 2 aromatic rings. The third-order valence-electron chi connectivity index (χ3n) is 5.06. The summed E-state index contributed by atoms with van der Waals surface area (Å²) in [5.74, 6) is 1.81. The first-order valence-electron chi connectivity index (χ1n) is 8.74. The molecule has 2 aliphatic rings. The Balaban J connectivity index is 1.32. The number of amides is 1. The number of hydrogen-bond donors (Lipinski definition) is 1. The topological polar surface area (TPSA) is 67.4 Å². The summed E-state index contributed by atoms with van der Waals surface area (Å²) in [6, 6.07) is 11.5. The minimum Gasteiger partial charge on any atom is -0.376 e. The van der Waals surface area contributed by atoms with Gasteiger partial charge >= 0.3 is 0 Å². The summed E-state index contributed by atoms with van der Waals surface area (Å²) in [6.07, 6.45) is 4.02. The maximum absolute atomic E-state index is 12.5. The Labute approximate surface area is 147 Å². The molecule has 0 unspecified atom stereocenters. The number of rotatable bonds is 5. The van der Waals surface area contributed by atoms with E-state index in [4.69, 9.17) is 4.74 Å². The van der Waals surface area contributed by atoms with Crippen molar-refractivity contribution in [3.63, 3.8) is 0 Å². The minimum absolute atomic E-state index is 0.133. The molecule has 0 radical (unpaired) electrons. The molecular weight excluding hydrogens is 316 g/mol. The SMILES string of the molecule is O=C(Cc1ccccn1)N1C[C@H]2[C@H](CNc3ccccn3)CO[C@H]2C1. The van der Waals surface area contributed by atoms with Gasteiger partial charge in [-0.15, -0.1) is 0 Å². The molecule has 4 heterocycles. The van der Waals surface area contributed by atoms with Crippen molar-refractivity contribution in [3.05, 3.63) is 54.5 Å². The summed E-state index contributed by atoms with van der Waals surface area (Å²) in [5, 5.41) is 3.38. The van der Waals surface area contributed by atoms with Gasteiger partial charge in [0, 0.05) is 49.6 Å². The summed E-state index contributed by atoms with van der Waals surface area (Å²) in [5.41, 5.74) is 0.818. The lowest BCUT2D eigenvalue weighted by Crippen LogP contribution is -2.33. The fourth-order valence-electron chi connectivity index (χ4n) is 3.69. The molecule has 0 aromatic carbocycles. The van der Waals surface area contributed by atoms with Gasteiger partial charge in [0.05, 0.1) is 19.1 Å². The van der Waals surface area contributed by atoms with Gasteiger partial charge in [-0.25, -0.2) is 4.98 Å². The lowest BCUT2D eigenvalue weighted by atomic mass is 9.93. The van der Waals surface area contributed by atoms with Crippen molar-refractivity contribution in [2.24, 2.45) is 11.8 Å². The number of carbonyl (C=O) groups is 1. The van der Waals surface area contributed by atoms with Crippen molar-refractivity contribution in [3.8, 4) is 0 Å². The fraction of sp³-hybridized carbons (Fsp3) is 0.421. The summed E-state index contributed by atoms with van der Waals surface area (Å²) in [7, 11) is 0. The number of aromatic nitrogens is 2. The van der Waals surface area contributed by atoms with Crippen LogP contribution in [0.4, 0.5) is 5.82 Å². The molecule has 0 spiro atoms. The molecule has 1 amide bonds. The summed E-state index contributed by atoms with van der Waals surface area (Å²) < 4.78 is 5.94. The first kappa shape index (κ1) is 16.0. The van der Waals surface area contributed by atoms with Gasteiger partial charge in [0.2, 0.25) is 5.91 Å². The summed E-state index contributed by atoms with van der Waals surface area (Å²) in [4.78, 5) is 23.0. The van der Waals surface area contributed by atoms with Crippen LogP contribution >= 0.6 is 0 Å². The predicted octanol–water partition coefficient (Wildman–Crippen LogP) is 1.60. The van der Waals surface area contributed by atoms with Crippen LogP contribution < -0.4 is 5.32 Å². The minimum atomic E-state index is 0.133. The Hall–Kier alpha value is -2.47. The molecule has 0 saturated carbocycles. The monoisotopic (exact) mass is 338 g/mol. The van der Waals surface area contributed by atoms with Crippen LogP contribution in [0.5, 0.6) is 0 Å². The highest BCUT2D eigenvalue weighted by Crippen LogP contribution is 2.34. The van der Waals surface area contributed by atoms with Crippen LogP contribution in [0.3, 0.4) is 0 Å². The van der Waals surface area contributed by atoms with E-state index in [1.807, 2.05) is 41.3 Å². The average molecular weight is 338 g/mol. The molecular formula is C19H22N4O2. The molecule has 2 aromatic heterocycles. The number of ether oxygens (including phenoxy) is 1. The van der Waals surface area contributed by atoms with Crippen molar-refractivity contribution in [1.29, 1.82) is 0 Å². The lowest BCUT2D eigenvalue weighted by molar-refractivity contribution is -0.130. The number of anilines is 1. The molecule has 6 heteroatoms. The number of pyridine rings is 2. The van der Waals surface area contributed by atoms with Crippen molar-refractivity contribution in [1.82, 2.24) is 14.9 Å². The van der Waals surface area contributed by atoms with Gasteiger partial charge in [-0.2, -0.15) is 0 Å². The number of carbonyl (C=O) groups excluding carboxylic acids is 1. The highest BCUT2D eigenvalue weighted by atomic mass is 16.5.